The first kappa shape index (κ1) is 25.5. The zero-order chi connectivity index (χ0) is 26.4. The van der Waals surface area contributed by atoms with Gasteiger partial charge in [-0.3, -0.25) is 14.5 Å². The molecular formula is C24H28F4N2O6. The van der Waals surface area contributed by atoms with E-state index < -0.39 is 78.2 Å². The molecule has 2 saturated heterocycles. The number of fused-ring (bicyclic) bond motifs is 3. The van der Waals surface area contributed by atoms with E-state index >= 15 is 0 Å². The van der Waals surface area contributed by atoms with Crippen molar-refractivity contribution in [2.75, 3.05) is 0 Å². The van der Waals surface area contributed by atoms with Crippen molar-refractivity contribution >= 4 is 11.8 Å². The minimum Gasteiger partial charge on any atom is -0.343 e. The molecular weight excluding hydrogens is 488 g/mol. The van der Waals surface area contributed by atoms with Gasteiger partial charge in [0.1, 0.15) is 12.2 Å². The Labute approximate surface area is 205 Å². The molecule has 198 valence electrons. The lowest BCUT2D eigenvalue weighted by atomic mass is 10.1. The van der Waals surface area contributed by atoms with E-state index in [0.29, 0.717) is 0 Å². The van der Waals surface area contributed by atoms with Gasteiger partial charge in [-0.05, 0) is 39.8 Å². The summed E-state index contributed by atoms with van der Waals surface area (Å²) in [5.74, 6) is -9.22. The number of hydrogen-bond acceptors (Lipinski definition) is 7. The predicted octanol–water partition coefficient (Wildman–Crippen LogP) is 3.08. The zero-order valence-corrected chi connectivity index (χ0v) is 20.2. The highest BCUT2D eigenvalue weighted by Crippen LogP contribution is 2.49. The van der Waals surface area contributed by atoms with Crippen LogP contribution < -0.4 is 5.73 Å². The average molecular weight is 516 g/mol. The molecule has 12 heteroatoms. The summed E-state index contributed by atoms with van der Waals surface area (Å²) in [5, 5.41) is 0. The molecule has 1 aromatic rings. The Bertz CT molecular complexity index is 1060. The molecule has 1 aromatic carbocycles. The number of nitrogens with two attached hydrogens (primary N) is 1. The van der Waals surface area contributed by atoms with E-state index in [-0.39, 0.29) is 17.5 Å². The highest BCUT2D eigenvalue weighted by atomic mass is 19.3. The van der Waals surface area contributed by atoms with E-state index in [2.05, 4.69) is 0 Å². The van der Waals surface area contributed by atoms with Gasteiger partial charge in [-0.1, -0.05) is 12.1 Å². The Balaban J connectivity index is 0.000000174. The SMILES string of the molecule is CC1(C)O[C@H]2[C@H](N)CC(F)(F)[C@H]2O1.CC1(C)O[C@H]2[C@H](N3C(=O)c4ccccc4C3=O)CC(F)(F)[C@H]2O1. The largest absolute Gasteiger partial charge is 0.343 e. The van der Waals surface area contributed by atoms with Crippen molar-refractivity contribution in [3.05, 3.63) is 35.4 Å². The van der Waals surface area contributed by atoms with Gasteiger partial charge in [0.25, 0.3) is 23.7 Å². The van der Waals surface area contributed by atoms with Crippen LogP contribution in [0.2, 0.25) is 0 Å². The Morgan fingerprint density at radius 3 is 1.72 bits per heavy atom. The van der Waals surface area contributed by atoms with E-state index in [9.17, 15) is 27.2 Å². The normalized spacial score (nSPS) is 38.4. The lowest BCUT2D eigenvalue weighted by Gasteiger charge is -2.28. The van der Waals surface area contributed by atoms with Gasteiger partial charge in [-0.15, -0.1) is 0 Å². The predicted molar refractivity (Wildman–Crippen MR) is 115 cm³/mol. The molecule has 2 saturated carbocycles. The summed E-state index contributed by atoms with van der Waals surface area (Å²) in [4.78, 5) is 25.9. The fourth-order valence-corrected chi connectivity index (χ4v) is 5.63. The van der Waals surface area contributed by atoms with E-state index in [0.717, 1.165) is 4.90 Å². The molecule has 0 bridgehead atoms. The van der Waals surface area contributed by atoms with Crippen LogP contribution in [0.4, 0.5) is 17.6 Å². The number of benzene rings is 1. The number of amides is 2. The summed E-state index contributed by atoms with van der Waals surface area (Å²) >= 11 is 0. The molecule has 0 radical (unpaired) electrons. The molecule has 0 aromatic heterocycles. The fourth-order valence-electron chi connectivity index (χ4n) is 5.63. The molecule has 6 rings (SSSR count). The second kappa shape index (κ2) is 7.94. The van der Waals surface area contributed by atoms with Gasteiger partial charge < -0.3 is 24.7 Å². The highest BCUT2D eigenvalue weighted by molar-refractivity contribution is 6.21. The number of hydrogen-bond donors (Lipinski definition) is 1. The highest BCUT2D eigenvalue weighted by Gasteiger charge is 2.66. The van der Waals surface area contributed by atoms with Crippen molar-refractivity contribution in [2.45, 2.75) is 100 Å². The number of imide groups is 1. The van der Waals surface area contributed by atoms with Crippen LogP contribution in [0.25, 0.3) is 0 Å². The van der Waals surface area contributed by atoms with E-state index in [1.54, 1.807) is 39.8 Å². The van der Waals surface area contributed by atoms with Gasteiger partial charge in [0, 0.05) is 18.9 Å². The number of ether oxygens (including phenoxy) is 4. The van der Waals surface area contributed by atoms with Crippen LogP contribution in [0.3, 0.4) is 0 Å². The standard InChI is InChI=1S/C16H15F2NO4.C8H13F2NO2/c1-15(2)22-11-10(7-16(17,18)12(11)23-15)19-13(20)8-5-3-4-6-9(8)14(19)21;1-7(2)12-5-4(11)3-8(9,10)6(5)13-7/h3-6,10-12H,7H2,1-2H3;4-6H,3,11H2,1-2H3/t10-,11+,12+;4-,5+,6+/m11/s1. The van der Waals surface area contributed by atoms with Crippen LogP contribution in [-0.4, -0.2) is 76.6 Å². The topological polar surface area (TPSA) is 100 Å². The molecule has 8 nitrogen and oxygen atoms in total. The van der Waals surface area contributed by atoms with Gasteiger partial charge in [0.2, 0.25) is 0 Å². The first-order valence-corrected chi connectivity index (χ1v) is 11.7. The Morgan fingerprint density at radius 2 is 1.22 bits per heavy atom. The second-order valence-electron chi connectivity index (χ2n) is 10.7. The molecule has 3 heterocycles. The molecule has 36 heavy (non-hydrogen) atoms. The number of alkyl halides is 4. The molecule has 6 atom stereocenters. The van der Waals surface area contributed by atoms with Crippen LogP contribution >= 0.6 is 0 Å². The van der Waals surface area contributed by atoms with Crippen molar-refractivity contribution in [3.63, 3.8) is 0 Å². The first-order chi connectivity index (χ1) is 16.5. The van der Waals surface area contributed by atoms with Crippen LogP contribution in [0.1, 0.15) is 61.3 Å². The molecule has 2 amide bonds. The maximum absolute atomic E-state index is 14.3. The van der Waals surface area contributed by atoms with Crippen LogP contribution in [0, 0.1) is 0 Å². The molecule has 2 N–H and O–H groups in total. The Hall–Kier alpha value is -2.12. The molecule has 0 spiro atoms. The van der Waals surface area contributed by atoms with Gasteiger partial charge in [-0.25, -0.2) is 17.6 Å². The molecule has 5 aliphatic rings. The van der Waals surface area contributed by atoms with Crippen molar-refractivity contribution in [1.82, 2.24) is 4.90 Å². The summed E-state index contributed by atoms with van der Waals surface area (Å²) in [5.41, 5.74) is 6.01. The molecule has 3 aliphatic heterocycles. The summed E-state index contributed by atoms with van der Waals surface area (Å²) < 4.78 is 76.3. The quantitative estimate of drug-likeness (QED) is 0.452. The van der Waals surface area contributed by atoms with E-state index in [1.807, 2.05) is 0 Å². The number of nitrogens with zero attached hydrogens (tertiary/aromatic N) is 1. The minimum absolute atomic E-state index is 0.238. The van der Waals surface area contributed by atoms with Gasteiger partial charge in [0.15, 0.2) is 23.8 Å². The van der Waals surface area contributed by atoms with Crippen LogP contribution in [-0.2, 0) is 18.9 Å². The lowest BCUT2D eigenvalue weighted by molar-refractivity contribution is -0.191. The number of carbonyl (C=O) groups excluding carboxylic acids is 2. The zero-order valence-electron chi connectivity index (χ0n) is 20.2. The van der Waals surface area contributed by atoms with E-state index in [4.69, 9.17) is 24.7 Å². The summed E-state index contributed by atoms with van der Waals surface area (Å²) in [7, 11) is 0. The maximum Gasteiger partial charge on any atom is 0.278 e. The summed E-state index contributed by atoms with van der Waals surface area (Å²) in [6.45, 7) is 6.32. The monoisotopic (exact) mass is 516 g/mol. The third-order valence-electron chi connectivity index (χ3n) is 7.04. The Kier molecular flexibility index (Phi) is 5.63. The number of carbonyl (C=O) groups is 2. The molecule has 4 fully saturated rings. The van der Waals surface area contributed by atoms with Gasteiger partial charge in [0.05, 0.1) is 17.2 Å². The first-order valence-electron chi connectivity index (χ1n) is 11.7. The number of rotatable bonds is 1. The van der Waals surface area contributed by atoms with Crippen LogP contribution in [0.15, 0.2) is 24.3 Å². The molecule has 2 aliphatic carbocycles. The van der Waals surface area contributed by atoms with E-state index in [1.165, 1.54) is 12.1 Å². The number of halogens is 4. The van der Waals surface area contributed by atoms with Gasteiger partial charge in [-0.2, -0.15) is 0 Å². The third-order valence-corrected chi connectivity index (χ3v) is 7.04. The van der Waals surface area contributed by atoms with Crippen molar-refractivity contribution < 1.29 is 46.1 Å². The van der Waals surface area contributed by atoms with Crippen molar-refractivity contribution in [1.29, 1.82) is 0 Å². The van der Waals surface area contributed by atoms with Gasteiger partial charge >= 0.3 is 0 Å². The van der Waals surface area contributed by atoms with Crippen molar-refractivity contribution in [3.8, 4) is 0 Å². The van der Waals surface area contributed by atoms with Crippen molar-refractivity contribution in [2.24, 2.45) is 5.73 Å². The summed E-state index contributed by atoms with van der Waals surface area (Å²) in [6, 6.07) is 4.66. The third kappa shape index (κ3) is 4.03. The maximum atomic E-state index is 14.3. The smallest absolute Gasteiger partial charge is 0.278 e. The fraction of sp³-hybridized carbons (Fsp3) is 0.667. The second-order valence-corrected chi connectivity index (χ2v) is 10.7. The van der Waals surface area contributed by atoms with Crippen LogP contribution in [0.5, 0.6) is 0 Å². The molecule has 0 unspecified atom stereocenters. The lowest BCUT2D eigenvalue weighted by Crippen LogP contribution is -2.46. The average Bonchev–Trinajstić information content (AvgIpc) is 3.46. The summed E-state index contributed by atoms with van der Waals surface area (Å²) in [6.07, 6.45) is -5.31. The minimum atomic E-state index is -3.15. The Morgan fingerprint density at radius 1 is 0.778 bits per heavy atom.